The standard InChI is InChI=1S/C23H28F5N5O4S2/c1-2-3-4-13-38-14-12-29-21(35)30-18-6-5-7-19(15-18)39(36,37)33-17-10-8-16(9-11-17)31-32-20(34)22(24,25)23(26,27)28/h5-11,15,31,33H,2-4,12-14H2,1H3,(H,32,34)(H2,29,30,35). The zero-order chi connectivity index (χ0) is 29.1. The molecular weight excluding hydrogens is 569 g/mol. The summed E-state index contributed by atoms with van der Waals surface area (Å²) >= 11 is 1.73. The molecule has 0 aliphatic heterocycles. The molecule has 0 saturated carbocycles. The summed E-state index contributed by atoms with van der Waals surface area (Å²) < 4.78 is 90.4. The molecule has 5 N–H and O–H groups in total. The molecule has 0 spiro atoms. The number of urea groups is 1. The number of nitrogens with one attached hydrogen (secondary N) is 5. The van der Waals surface area contributed by atoms with Gasteiger partial charge < -0.3 is 10.6 Å². The van der Waals surface area contributed by atoms with Gasteiger partial charge >= 0.3 is 24.0 Å². The molecule has 0 bridgehead atoms. The maximum atomic E-state index is 13.0. The lowest BCUT2D eigenvalue weighted by Gasteiger charge is -2.19. The number of anilines is 3. The number of rotatable bonds is 14. The van der Waals surface area contributed by atoms with Crippen LogP contribution in [0.1, 0.15) is 26.2 Å². The van der Waals surface area contributed by atoms with Crippen molar-refractivity contribution in [1.82, 2.24) is 10.7 Å². The molecule has 216 valence electrons. The third kappa shape index (κ3) is 10.1. The lowest BCUT2D eigenvalue weighted by molar-refractivity contribution is -0.269. The minimum absolute atomic E-state index is 0.0278. The number of amides is 3. The highest BCUT2D eigenvalue weighted by Crippen LogP contribution is 2.35. The van der Waals surface area contributed by atoms with Gasteiger partial charge in [0.2, 0.25) is 0 Å². The van der Waals surface area contributed by atoms with Gasteiger partial charge in [0, 0.05) is 23.7 Å². The van der Waals surface area contributed by atoms with Crippen LogP contribution in [0.5, 0.6) is 0 Å². The fraction of sp³-hybridized carbons (Fsp3) is 0.391. The van der Waals surface area contributed by atoms with Gasteiger partial charge in [0.05, 0.1) is 10.6 Å². The Morgan fingerprint density at radius 2 is 1.56 bits per heavy atom. The van der Waals surface area contributed by atoms with Crippen LogP contribution in [0.15, 0.2) is 53.4 Å². The topological polar surface area (TPSA) is 128 Å². The monoisotopic (exact) mass is 597 g/mol. The van der Waals surface area contributed by atoms with E-state index in [1.54, 1.807) is 11.8 Å². The number of unbranched alkanes of at least 4 members (excludes halogenated alkanes) is 2. The quantitative estimate of drug-likeness (QED) is 0.116. The minimum Gasteiger partial charge on any atom is -0.337 e. The number of alkyl halides is 5. The Labute approximate surface area is 226 Å². The number of hydrogen-bond donors (Lipinski definition) is 5. The molecular formula is C23H28F5N5O4S2. The maximum absolute atomic E-state index is 13.0. The van der Waals surface area contributed by atoms with Crippen LogP contribution in [0.25, 0.3) is 0 Å². The van der Waals surface area contributed by atoms with E-state index in [4.69, 9.17) is 0 Å². The number of carbonyl (C=O) groups is 2. The maximum Gasteiger partial charge on any atom is 0.463 e. The molecule has 0 saturated heterocycles. The molecule has 0 aliphatic carbocycles. The first-order valence-corrected chi connectivity index (χ1v) is 14.3. The van der Waals surface area contributed by atoms with Gasteiger partial charge in [-0.25, -0.2) is 13.2 Å². The highest BCUT2D eigenvalue weighted by atomic mass is 32.2. The van der Waals surface area contributed by atoms with Crippen LogP contribution in [-0.2, 0) is 14.8 Å². The largest absolute Gasteiger partial charge is 0.463 e. The first-order chi connectivity index (χ1) is 18.3. The van der Waals surface area contributed by atoms with Gasteiger partial charge in [0.25, 0.3) is 10.0 Å². The highest BCUT2D eigenvalue weighted by molar-refractivity contribution is 7.99. The van der Waals surface area contributed by atoms with Crippen molar-refractivity contribution in [3.05, 3.63) is 48.5 Å². The smallest absolute Gasteiger partial charge is 0.337 e. The summed E-state index contributed by atoms with van der Waals surface area (Å²) in [4.78, 5) is 23.1. The van der Waals surface area contributed by atoms with Crippen molar-refractivity contribution in [2.75, 3.05) is 33.5 Å². The van der Waals surface area contributed by atoms with Crippen molar-refractivity contribution in [2.45, 2.75) is 43.2 Å². The highest BCUT2D eigenvalue weighted by Gasteiger charge is 2.63. The van der Waals surface area contributed by atoms with Gasteiger partial charge in [-0.05, 0) is 54.6 Å². The molecule has 2 rings (SSSR count). The summed E-state index contributed by atoms with van der Waals surface area (Å²) in [6.45, 7) is 2.57. The average Bonchev–Trinajstić information content (AvgIpc) is 2.87. The van der Waals surface area contributed by atoms with Crippen molar-refractivity contribution in [2.24, 2.45) is 0 Å². The van der Waals surface area contributed by atoms with E-state index in [1.165, 1.54) is 41.8 Å². The summed E-state index contributed by atoms with van der Waals surface area (Å²) in [5.74, 6) is -6.45. The summed E-state index contributed by atoms with van der Waals surface area (Å²) in [7, 11) is -4.12. The average molecular weight is 598 g/mol. The summed E-state index contributed by atoms with van der Waals surface area (Å²) in [5, 5.41) is 5.25. The van der Waals surface area contributed by atoms with Gasteiger partial charge in [-0.2, -0.15) is 33.7 Å². The predicted octanol–water partition coefficient (Wildman–Crippen LogP) is 5.17. The lowest BCUT2D eigenvalue weighted by Crippen LogP contribution is -2.51. The van der Waals surface area contributed by atoms with Crippen molar-refractivity contribution in [1.29, 1.82) is 0 Å². The molecule has 2 aromatic rings. The van der Waals surface area contributed by atoms with E-state index in [1.807, 2.05) is 5.43 Å². The Morgan fingerprint density at radius 3 is 2.21 bits per heavy atom. The number of halogens is 5. The Bertz CT molecular complexity index is 1210. The van der Waals surface area contributed by atoms with E-state index < -0.39 is 34.1 Å². The van der Waals surface area contributed by atoms with Crippen molar-refractivity contribution >= 4 is 50.8 Å². The van der Waals surface area contributed by atoms with E-state index in [0.29, 0.717) is 6.54 Å². The molecule has 39 heavy (non-hydrogen) atoms. The van der Waals surface area contributed by atoms with Gasteiger partial charge in [0.15, 0.2) is 0 Å². The number of hydrogen-bond acceptors (Lipinski definition) is 6. The molecule has 3 amide bonds. The van der Waals surface area contributed by atoms with Crippen molar-refractivity contribution in [3.63, 3.8) is 0 Å². The van der Waals surface area contributed by atoms with Gasteiger partial charge in [0.1, 0.15) is 0 Å². The Balaban J connectivity index is 1.90. The van der Waals surface area contributed by atoms with E-state index in [-0.39, 0.29) is 22.0 Å². The number of thioether (sulfide) groups is 1. The van der Waals surface area contributed by atoms with Gasteiger partial charge in [-0.3, -0.25) is 20.4 Å². The van der Waals surface area contributed by atoms with Crippen LogP contribution in [0, 0.1) is 0 Å². The third-order valence-corrected chi connectivity index (χ3v) is 7.37. The number of benzene rings is 2. The van der Waals surface area contributed by atoms with E-state index in [0.717, 1.165) is 42.9 Å². The second-order valence-corrected chi connectivity index (χ2v) is 11.0. The van der Waals surface area contributed by atoms with Crippen LogP contribution >= 0.6 is 11.8 Å². The number of carbonyl (C=O) groups excluding carboxylic acids is 2. The minimum atomic E-state index is -6.07. The summed E-state index contributed by atoms with van der Waals surface area (Å²) in [5.41, 5.74) is 3.31. The van der Waals surface area contributed by atoms with Crippen molar-refractivity contribution < 1.29 is 40.0 Å². The SMILES string of the molecule is CCCCCSCCNC(=O)Nc1cccc(S(=O)(=O)Nc2ccc(NNC(=O)C(F)(F)C(F)(F)F)cc2)c1. The molecule has 0 aromatic heterocycles. The molecule has 0 radical (unpaired) electrons. The Morgan fingerprint density at radius 1 is 0.897 bits per heavy atom. The first kappa shape index (κ1) is 31.9. The zero-order valence-corrected chi connectivity index (χ0v) is 22.3. The fourth-order valence-corrected chi connectivity index (χ4v) is 4.84. The molecule has 0 fully saturated rings. The van der Waals surface area contributed by atoms with Crippen LogP contribution < -0.4 is 26.2 Å². The molecule has 0 atom stereocenters. The molecule has 0 heterocycles. The molecule has 16 heteroatoms. The van der Waals surface area contributed by atoms with Gasteiger partial charge in [-0.1, -0.05) is 25.8 Å². The molecule has 0 unspecified atom stereocenters. The molecule has 0 aliphatic rings. The molecule has 9 nitrogen and oxygen atoms in total. The van der Waals surface area contributed by atoms with Crippen LogP contribution in [0.4, 0.5) is 43.8 Å². The fourth-order valence-electron chi connectivity index (χ4n) is 2.88. The van der Waals surface area contributed by atoms with Crippen molar-refractivity contribution in [3.8, 4) is 0 Å². The second kappa shape index (κ2) is 14.2. The van der Waals surface area contributed by atoms with Crippen LogP contribution in [0.2, 0.25) is 0 Å². The summed E-state index contributed by atoms with van der Waals surface area (Å²) in [6, 6.07) is 9.62. The number of sulfonamides is 1. The van der Waals surface area contributed by atoms with Gasteiger partial charge in [-0.15, -0.1) is 0 Å². The Hall–Kier alpha value is -3.27. The summed E-state index contributed by atoms with van der Waals surface area (Å²) in [6.07, 6.45) is -2.65. The van der Waals surface area contributed by atoms with E-state index in [9.17, 15) is 40.0 Å². The second-order valence-electron chi connectivity index (χ2n) is 8.06. The van der Waals surface area contributed by atoms with E-state index >= 15 is 0 Å². The predicted molar refractivity (Wildman–Crippen MR) is 140 cm³/mol. The Kier molecular flexibility index (Phi) is 11.6. The van der Waals surface area contributed by atoms with E-state index in [2.05, 4.69) is 22.3 Å². The third-order valence-electron chi connectivity index (χ3n) is 4.93. The molecule has 2 aromatic carbocycles. The zero-order valence-electron chi connectivity index (χ0n) is 20.7. The number of hydrazine groups is 1. The van der Waals surface area contributed by atoms with Crippen LogP contribution in [-0.4, -0.2) is 50.5 Å². The normalized spacial score (nSPS) is 11.9. The lowest BCUT2D eigenvalue weighted by atomic mass is 10.3. The van der Waals surface area contributed by atoms with Crippen LogP contribution in [0.3, 0.4) is 0 Å². The first-order valence-electron chi connectivity index (χ1n) is 11.6.